The Balaban J connectivity index is 3.15. The molecule has 4 heteroatoms. The Morgan fingerprint density at radius 1 is 1.30 bits per heavy atom. The first kappa shape index (κ1) is 18.7. The highest BCUT2D eigenvalue weighted by Gasteiger charge is 2.06. The number of rotatable bonds is 6. The van der Waals surface area contributed by atoms with Crippen molar-refractivity contribution in [2.24, 2.45) is 15.7 Å². The Hall–Kier alpha value is -2.32. The van der Waals surface area contributed by atoms with E-state index in [9.17, 15) is 0 Å². The predicted octanol–water partition coefficient (Wildman–Crippen LogP) is 4.00. The Labute approximate surface area is 140 Å². The summed E-state index contributed by atoms with van der Waals surface area (Å²) >= 11 is 0. The minimum absolute atomic E-state index is 0.664. The monoisotopic (exact) mass is 312 g/mol. The molecule has 0 saturated carbocycles. The first-order chi connectivity index (χ1) is 11.0. The van der Waals surface area contributed by atoms with Crippen LogP contribution in [0.15, 0.2) is 62.2 Å². The summed E-state index contributed by atoms with van der Waals surface area (Å²) < 4.78 is 0. The summed E-state index contributed by atoms with van der Waals surface area (Å²) in [7, 11) is 0. The lowest BCUT2D eigenvalue weighted by Gasteiger charge is -2.13. The maximum absolute atomic E-state index is 5.94. The Morgan fingerprint density at radius 3 is 2.65 bits per heavy atom. The van der Waals surface area contributed by atoms with Gasteiger partial charge in [-0.1, -0.05) is 6.92 Å². The largest absolute Gasteiger partial charge is 0.400 e. The molecule has 0 aromatic heterocycles. The molecule has 1 rings (SSSR count). The topological polar surface area (TPSA) is 62.8 Å². The van der Waals surface area contributed by atoms with Crippen LogP contribution in [0.4, 0.5) is 0 Å². The van der Waals surface area contributed by atoms with Crippen LogP contribution >= 0.6 is 0 Å². The number of amidine groups is 1. The van der Waals surface area contributed by atoms with Gasteiger partial charge in [-0.2, -0.15) is 0 Å². The van der Waals surface area contributed by atoms with Crippen molar-refractivity contribution in [1.29, 1.82) is 0 Å². The van der Waals surface area contributed by atoms with Crippen molar-refractivity contribution in [2.75, 3.05) is 6.54 Å². The summed E-state index contributed by atoms with van der Waals surface area (Å²) in [6.45, 7) is 10.8. The normalized spacial score (nSPS) is 16.6. The van der Waals surface area contributed by atoms with Crippen LogP contribution in [-0.4, -0.2) is 18.6 Å². The fraction of sp³-hybridized carbons (Fsp3) is 0.421. The molecule has 0 bridgehead atoms. The van der Waals surface area contributed by atoms with Gasteiger partial charge in [-0.3, -0.25) is 4.99 Å². The van der Waals surface area contributed by atoms with Gasteiger partial charge in [-0.25, -0.2) is 4.99 Å². The van der Waals surface area contributed by atoms with Crippen LogP contribution in [0.5, 0.6) is 0 Å². The standard InChI is InChI=1S/C19H28N4/c1-6-9-19(23-18(16(5)20)13-21-7-2)22-17-12-14(3)10-8-11-15(17)4/h10-13H,6-7,9,20H2,1-5H3,(H,22,23)/b18-16+,21-13-. The molecule has 4 nitrogen and oxygen atoms in total. The molecule has 0 heterocycles. The lowest BCUT2D eigenvalue weighted by Crippen LogP contribution is -2.23. The quantitative estimate of drug-likeness (QED) is 0.442. The van der Waals surface area contributed by atoms with E-state index < -0.39 is 0 Å². The number of nitrogens with two attached hydrogens (primary N) is 1. The molecule has 0 saturated heterocycles. The van der Waals surface area contributed by atoms with Gasteiger partial charge in [0.1, 0.15) is 11.5 Å². The highest BCUT2D eigenvalue weighted by molar-refractivity contribution is 5.90. The number of nitrogens with zero attached hydrogens (tertiary/aromatic N) is 2. The third kappa shape index (κ3) is 6.54. The Morgan fingerprint density at radius 2 is 2.04 bits per heavy atom. The van der Waals surface area contributed by atoms with E-state index in [4.69, 9.17) is 5.73 Å². The van der Waals surface area contributed by atoms with E-state index in [1.54, 1.807) is 6.21 Å². The van der Waals surface area contributed by atoms with E-state index in [-0.39, 0.29) is 0 Å². The molecule has 0 fully saturated rings. The van der Waals surface area contributed by atoms with E-state index in [0.29, 0.717) is 17.9 Å². The van der Waals surface area contributed by atoms with Gasteiger partial charge >= 0.3 is 0 Å². The lowest BCUT2D eigenvalue weighted by molar-refractivity contribution is 0.940. The van der Waals surface area contributed by atoms with Crippen LogP contribution in [-0.2, 0) is 0 Å². The van der Waals surface area contributed by atoms with Gasteiger partial charge in [0.15, 0.2) is 0 Å². The van der Waals surface area contributed by atoms with E-state index >= 15 is 0 Å². The maximum atomic E-state index is 5.94. The lowest BCUT2D eigenvalue weighted by atomic mass is 10.2. The zero-order valence-corrected chi connectivity index (χ0v) is 14.9. The molecule has 1 aliphatic carbocycles. The molecule has 1 aliphatic rings. The molecule has 0 atom stereocenters. The average molecular weight is 312 g/mol. The number of aliphatic imine (C=N–C) groups is 2. The van der Waals surface area contributed by atoms with E-state index in [2.05, 4.69) is 47.9 Å². The third-order valence-electron chi connectivity index (χ3n) is 3.23. The van der Waals surface area contributed by atoms with Gasteiger partial charge in [0.25, 0.3) is 0 Å². The van der Waals surface area contributed by atoms with Gasteiger partial charge in [-0.05, 0) is 63.5 Å². The zero-order chi connectivity index (χ0) is 17.2. The molecular weight excluding hydrogens is 284 g/mol. The molecule has 0 amide bonds. The molecular formula is C19H28N4. The molecule has 0 aromatic carbocycles. The van der Waals surface area contributed by atoms with Crippen LogP contribution in [0.1, 0.15) is 47.5 Å². The number of hydrogen-bond donors (Lipinski definition) is 2. The second-order valence-electron chi connectivity index (χ2n) is 5.57. The second kappa shape index (κ2) is 9.65. The fourth-order valence-corrected chi connectivity index (χ4v) is 1.97. The van der Waals surface area contributed by atoms with Crippen LogP contribution in [0.3, 0.4) is 0 Å². The van der Waals surface area contributed by atoms with Crippen molar-refractivity contribution in [3.63, 3.8) is 0 Å². The Kier molecular flexibility index (Phi) is 7.86. The molecule has 0 aromatic rings. The molecule has 23 heavy (non-hydrogen) atoms. The van der Waals surface area contributed by atoms with Crippen molar-refractivity contribution in [3.05, 3.63) is 52.2 Å². The third-order valence-corrected chi connectivity index (χ3v) is 3.23. The summed E-state index contributed by atoms with van der Waals surface area (Å²) in [6, 6.07) is 0. The number of allylic oxidation sites excluding steroid dienone is 6. The molecule has 0 radical (unpaired) electrons. The van der Waals surface area contributed by atoms with Gasteiger partial charge in [-0.15, -0.1) is 5.73 Å². The fourth-order valence-electron chi connectivity index (χ4n) is 1.97. The average Bonchev–Trinajstić information content (AvgIpc) is 2.64. The molecule has 0 aliphatic heterocycles. The minimum atomic E-state index is 0.664. The summed E-state index contributed by atoms with van der Waals surface area (Å²) in [6.07, 6.45) is 9.63. The van der Waals surface area contributed by atoms with Crippen LogP contribution in [0.2, 0.25) is 0 Å². The van der Waals surface area contributed by atoms with Crippen molar-refractivity contribution < 1.29 is 0 Å². The summed E-state index contributed by atoms with van der Waals surface area (Å²) in [5.74, 6) is 0.892. The number of hydrogen-bond acceptors (Lipinski definition) is 3. The molecule has 0 unspecified atom stereocenters. The van der Waals surface area contributed by atoms with Crippen LogP contribution in [0.25, 0.3) is 0 Å². The molecule has 124 valence electrons. The summed E-state index contributed by atoms with van der Waals surface area (Å²) in [5, 5.41) is 3.45. The first-order valence-electron chi connectivity index (χ1n) is 8.10. The van der Waals surface area contributed by atoms with Crippen molar-refractivity contribution in [2.45, 2.75) is 47.5 Å². The van der Waals surface area contributed by atoms with Gasteiger partial charge in [0.05, 0.1) is 0 Å². The summed E-state index contributed by atoms with van der Waals surface area (Å²) in [4.78, 5) is 8.94. The van der Waals surface area contributed by atoms with E-state index in [1.807, 2.05) is 26.0 Å². The second-order valence-corrected chi connectivity index (χ2v) is 5.57. The molecule has 0 spiro atoms. The molecule has 3 N–H and O–H groups in total. The highest BCUT2D eigenvalue weighted by atomic mass is 15.0. The Bertz CT molecular complexity index is 632. The zero-order valence-electron chi connectivity index (χ0n) is 14.9. The predicted molar refractivity (Wildman–Crippen MR) is 101 cm³/mol. The number of nitrogens with one attached hydrogen (secondary N) is 1. The van der Waals surface area contributed by atoms with Gasteiger partial charge in [0, 0.05) is 30.6 Å². The van der Waals surface area contributed by atoms with E-state index in [1.165, 1.54) is 0 Å². The van der Waals surface area contributed by atoms with Crippen molar-refractivity contribution in [3.8, 4) is 0 Å². The van der Waals surface area contributed by atoms with Crippen molar-refractivity contribution >= 4 is 12.1 Å². The summed E-state index contributed by atoms with van der Waals surface area (Å²) in [5.41, 5.74) is 13.8. The highest BCUT2D eigenvalue weighted by Crippen LogP contribution is 2.12. The maximum Gasteiger partial charge on any atom is 0.107 e. The SMILES string of the molecule is CCC\C(=N/C(/C=N\CC)=C(\C)N)NC1=C(C)C=C=CC(C)=C1. The van der Waals surface area contributed by atoms with Crippen LogP contribution < -0.4 is 11.1 Å². The smallest absolute Gasteiger partial charge is 0.107 e. The van der Waals surface area contributed by atoms with Gasteiger partial charge < -0.3 is 11.1 Å². The van der Waals surface area contributed by atoms with Gasteiger partial charge in [0.2, 0.25) is 0 Å². The van der Waals surface area contributed by atoms with E-state index in [0.717, 1.165) is 35.5 Å². The first-order valence-corrected chi connectivity index (χ1v) is 8.10. The van der Waals surface area contributed by atoms with Crippen LogP contribution in [0, 0.1) is 0 Å². The van der Waals surface area contributed by atoms with Crippen molar-refractivity contribution in [1.82, 2.24) is 5.32 Å². The minimum Gasteiger partial charge on any atom is -0.400 e.